The Morgan fingerprint density at radius 2 is 1.74 bits per heavy atom. The van der Waals surface area contributed by atoms with Gasteiger partial charge in [-0.05, 0) is 68.0 Å². The fourth-order valence-electron chi connectivity index (χ4n) is 5.39. The number of aryl methyl sites for hydroxylation is 1. The number of piperidine rings is 1. The fourth-order valence-corrected chi connectivity index (χ4v) is 5.39. The Balaban J connectivity index is 1.12. The maximum atomic E-state index is 14.6. The second-order valence-electron chi connectivity index (χ2n) is 10.2. The molecule has 1 aliphatic heterocycles. The van der Waals surface area contributed by atoms with Crippen LogP contribution in [0.1, 0.15) is 54.4 Å². The predicted octanol–water partition coefficient (Wildman–Crippen LogP) is 5.58. The van der Waals surface area contributed by atoms with Gasteiger partial charge in [-0.15, -0.1) is 0 Å². The molecule has 0 bridgehead atoms. The van der Waals surface area contributed by atoms with Gasteiger partial charge in [-0.25, -0.2) is 13.6 Å². The van der Waals surface area contributed by atoms with Crippen LogP contribution in [0.25, 0.3) is 11.0 Å². The van der Waals surface area contributed by atoms with Gasteiger partial charge in [0, 0.05) is 31.7 Å². The van der Waals surface area contributed by atoms with Gasteiger partial charge in [-0.3, -0.25) is 14.2 Å². The lowest BCUT2D eigenvalue weighted by molar-refractivity contribution is -0.132. The molecule has 220 valence electrons. The van der Waals surface area contributed by atoms with Gasteiger partial charge < -0.3 is 19.9 Å². The van der Waals surface area contributed by atoms with E-state index in [2.05, 4.69) is 10.3 Å². The molecular weight excluding hydrogens is 549 g/mol. The Labute approximate surface area is 240 Å². The number of H-pyrrole nitrogens is 1. The summed E-state index contributed by atoms with van der Waals surface area (Å²) in [6, 6.07) is 15.0. The van der Waals surface area contributed by atoms with Crippen molar-refractivity contribution in [3.8, 4) is 5.75 Å². The number of para-hydroxylation sites is 2. The van der Waals surface area contributed by atoms with Crippen molar-refractivity contribution in [2.75, 3.05) is 25.0 Å². The summed E-state index contributed by atoms with van der Waals surface area (Å²) in [5.41, 5.74) is 2.17. The number of hydrogen-bond donors (Lipinski definition) is 2. The molecule has 4 aromatic rings. The van der Waals surface area contributed by atoms with Crippen molar-refractivity contribution >= 4 is 28.5 Å². The number of aromatic amines is 1. The van der Waals surface area contributed by atoms with Crippen molar-refractivity contribution in [1.82, 2.24) is 14.5 Å². The molecule has 42 heavy (non-hydrogen) atoms. The molecule has 1 aromatic heterocycles. The summed E-state index contributed by atoms with van der Waals surface area (Å²) in [5.74, 6) is -5.69. The second-order valence-corrected chi connectivity index (χ2v) is 10.2. The molecule has 2 N–H and O–H groups in total. The molecule has 0 radical (unpaired) electrons. The Bertz CT molecular complexity index is 1660. The van der Waals surface area contributed by atoms with Crippen LogP contribution >= 0.6 is 0 Å². The van der Waals surface area contributed by atoms with Crippen molar-refractivity contribution < 1.29 is 27.5 Å². The first kappa shape index (κ1) is 29.0. The summed E-state index contributed by atoms with van der Waals surface area (Å²) in [7, 11) is 0. The number of hydrogen-bond acceptors (Lipinski definition) is 4. The average Bonchev–Trinajstić information content (AvgIpc) is 3.32. The molecule has 0 atom stereocenters. The van der Waals surface area contributed by atoms with E-state index in [9.17, 15) is 27.6 Å². The summed E-state index contributed by atoms with van der Waals surface area (Å²) >= 11 is 0. The summed E-state index contributed by atoms with van der Waals surface area (Å²) in [5, 5.41) is 2.51. The first-order valence-corrected chi connectivity index (χ1v) is 13.9. The molecule has 5 rings (SSSR count). The number of amides is 2. The van der Waals surface area contributed by atoms with Crippen LogP contribution in [0.15, 0.2) is 59.4 Å². The molecule has 11 heteroatoms. The smallest absolute Gasteiger partial charge is 0.326 e. The van der Waals surface area contributed by atoms with Crippen LogP contribution in [0.4, 0.5) is 18.9 Å². The van der Waals surface area contributed by atoms with E-state index in [0.29, 0.717) is 44.2 Å². The molecule has 0 spiro atoms. The van der Waals surface area contributed by atoms with Crippen LogP contribution in [0.5, 0.6) is 5.75 Å². The van der Waals surface area contributed by atoms with Crippen LogP contribution in [-0.2, 0) is 11.3 Å². The number of anilines is 1. The van der Waals surface area contributed by atoms with E-state index in [-0.39, 0.29) is 24.1 Å². The highest BCUT2D eigenvalue weighted by Gasteiger charge is 2.25. The number of aromatic nitrogens is 2. The Hall–Kier alpha value is -4.54. The van der Waals surface area contributed by atoms with Crippen molar-refractivity contribution in [2.45, 2.75) is 45.1 Å². The van der Waals surface area contributed by atoms with E-state index in [0.717, 1.165) is 29.4 Å². The first-order valence-electron chi connectivity index (χ1n) is 13.9. The zero-order valence-corrected chi connectivity index (χ0v) is 23.1. The minimum Gasteiger partial charge on any atom is -0.488 e. The quantitative estimate of drug-likeness (QED) is 0.253. The third kappa shape index (κ3) is 6.05. The maximum absolute atomic E-state index is 14.6. The van der Waals surface area contributed by atoms with Gasteiger partial charge in [-0.1, -0.05) is 24.3 Å². The van der Waals surface area contributed by atoms with E-state index in [1.54, 1.807) is 16.7 Å². The number of likely N-dealkylation sites (tertiary alicyclic amines) is 1. The number of carbonyl (C=O) groups excluding carboxylic acids is 2. The third-order valence-corrected chi connectivity index (χ3v) is 7.59. The van der Waals surface area contributed by atoms with Crippen LogP contribution in [-0.4, -0.2) is 46.0 Å². The molecule has 3 aromatic carbocycles. The molecule has 1 saturated heterocycles. The summed E-state index contributed by atoms with van der Waals surface area (Å²) in [6.07, 6.45) is 2.48. The SMILES string of the molecule is CCOc1c(F)c(F)cc(C(=O)Nc2ccc(C3CCN(C(=O)CCCn4c(=O)[nH]c5ccccc54)CC3)cc2)c1F. The van der Waals surface area contributed by atoms with E-state index in [1.807, 2.05) is 41.3 Å². The molecule has 2 heterocycles. The summed E-state index contributed by atoms with van der Waals surface area (Å²) in [6.45, 7) is 3.09. The topological polar surface area (TPSA) is 96.4 Å². The zero-order valence-electron chi connectivity index (χ0n) is 23.1. The van der Waals surface area contributed by atoms with E-state index in [4.69, 9.17) is 4.74 Å². The highest BCUT2D eigenvalue weighted by Crippen LogP contribution is 2.30. The fraction of sp³-hybridized carbons (Fsp3) is 0.323. The van der Waals surface area contributed by atoms with Crippen molar-refractivity contribution in [3.63, 3.8) is 0 Å². The monoisotopic (exact) mass is 580 g/mol. The number of rotatable bonds is 9. The molecule has 0 unspecified atom stereocenters. The van der Waals surface area contributed by atoms with E-state index < -0.39 is 34.7 Å². The third-order valence-electron chi connectivity index (χ3n) is 7.59. The predicted molar refractivity (Wildman–Crippen MR) is 152 cm³/mol. The van der Waals surface area contributed by atoms with Crippen LogP contribution in [0.3, 0.4) is 0 Å². The molecule has 0 saturated carbocycles. The second kappa shape index (κ2) is 12.5. The van der Waals surface area contributed by atoms with Gasteiger partial charge >= 0.3 is 5.69 Å². The lowest BCUT2D eigenvalue weighted by Crippen LogP contribution is -2.38. The normalized spacial score (nSPS) is 13.9. The number of halogens is 3. The van der Waals surface area contributed by atoms with Gasteiger partial charge in [-0.2, -0.15) is 4.39 Å². The Morgan fingerprint density at radius 3 is 2.45 bits per heavy atom. The number of imidazole rings is 1. The molecule has 2 amide bonds. The zero-order chi connectivity index (χ0) is 29.8. The van der Waals surface area contributed by atoms with Crippen LogP contribution in [0.2, 0.25) is 0 Å². The number of benzene rings is 3. The van der Waals surface area contributed by atoms with Gasteiger partial charge in [0.1, 0.15) is 0 Å². The highest BCUT2D eigenvalue weighted by molar-refractivity contribution is 6.04. The molecule has 1 aliphatic rings. The minimum absolute atomic E-state index is 0.0661. The van der Waals surface area contributed by atoms with E-state index >= 15 is 0 Å². The molecule has 1 fully saturated rings. The molecular formula is C31H31F3N4O4. The molecule has 0 aliphatic carbocycles. The van der Waals surface area contributed by atoms with Crippen LogP contribution in [0, 0.1) is 17.5 Å². The highest BCUT2D eigenvalue weighted by atomic mass is 19.2. The Morgan fingerprint density at radius 1 is 1.02 bits per heavy atom. The number of fused-ring (bicyclic) bond motifs is 1. The van der Waals surface area contributed by atoms with Crippen LogP contribution < -0.4 is 15.7 Å². The number of nitrogens with one attached hydrogen (secondary N) is 2. The van der Waals surface area contributed by atoms with E-state index in [1.165, 1.54) is 6.92 Å². The summed E-state index contributed by atoms with van der Waals surface area (Å²) in [4.78, 5) is 42.3. The lowest BCUT2D eigenvalue weighted by Gasteiger charge is -2.32. The maximum Gasteiger partial charge on any atom is 0.326 e. The van der Waals surface area contributed by atoms with Gasteiger partial charge in [0.2, 0.25) is 11.7 Å². The summed E-state index contributed by atoms with van der Waals surface area (Å²) < 4.78 is 48.9. The minimum atomic E-state index is -1.48. The van der Waals surface area contributed by atoms with Crippen molar-refractivity contribution in [2.24, 2.45) is 0 Å². The first-order chi connectivity index (χ1) is 20.3. The van der Waals surface area contributed by atoms with Gasteiger partial charge in [0.25, 0.3) is 5.91 Å². The largest absolute Gasteiger partial charge is 0.488 e. The number of carbonyl (C=O) groups is 2. The lowest BCUT2D eigenvalue weighted by atomic mass is 9.89. The van der Waals surface area contributed by atoms with Gasteiger partial charge in [0.15, 0.2) is 17.4 Å². The van der Waals surface area contributed by atoms with Crippen molar-refractivity contribution in [1.29, 1.82) is 0 Å². The standard InChI is InChI=1S/C31H31F3N4O4/c1-2-42-29-27(33)22(18-23(32)28(29)34)30(40)35-21-11-9-19(10-12-21)20-13-16-37(17-14-20)26(39)8-5-15-38-25-7-4-3-6-24(25)36-31(38)41/h3-4,6-7,9-12,18,20H,2,5,8,13-17H2,1H3,(H,35,40)(H,36,41). The average molecular weight is 581 g/mol. The van der Waals surface area contributed by atoms with Crippen molar-refractivity contribution in [3.05, 3.63) is 93.7 Å². The molecule has 8 nitrogen and oxygen atoms in total. The number of ether oxygens (including phenoxy) is 1. The number of nitrogens with zero attached hydrogens (tertiary/aromatic N) is 2. The van der Waals surface area contributed by atoms with Gasteiger partial charge in [0.05, 0.1) is 23.2 Å². The Kier molecular flexibility index (Phi) is 8.65.